The molecule has 0 aliphatic rings. The molecule has 0 fully saturated rings. The summed E-state index contributed by atoms with van der Waals surface area (Å²) in [6, 6.07) is 0. The zero-order valence-corrected chi connectivity index (χ0v) is 7.42. The summed E-state index contributed by atoms with van der Waals surface area (Å²) in [6.45, 7) is 1.84. The summed E-state index contributed by atoms with van der Waals surface area (Å²) in [5.41, 5.74) is 0. The Hall–Kier alpha value is -0.610. The second kappa shape index (κ2) is 7.06. The number of nitrogens with one attached hydrogen (secondary N) is 1. The SMILES string of the molecule is CCCCC(=O)NCC(O)CO. The van der Waals surface area contributed by atoms with Crippen molar-refractivity contribution in [3.05, 3.63) is 0 Å². The molecule has 0 spiro atoms. The van der Waals surface area contributed by atoms with E-state index in [1.807, 2.05) is 6.92 Å². The first-order valence-corrected chi connectivity index (χ1v) is 4.26. The molecule has 0 aromatic carbocycles. The van der Waals surface area contributed by atoms with Gasteiger partial charge in [-0.05, 0) is 6.42 Å². The van der Waals surface area contributed by atoms with Gasteiger partial charge in [-0.1, -0.05) is 13.3 Å². The molecule has 3 N–H and O–H groups in total. The lowest BCUT2D eigenvalue weighted by Crippen LogP contribution is -2.33. The van der Waals surface area contributed by atoms with Gasteiger partial charge < -0.3 is 15.5 Å². The van der Waals surface area contributed by atoms with Crippen LogP contribution >= 0.6 is 0 Å². The van der Waals surface area contributed by atoms with Crippen LogP contribution in [0.5, 0.6) is 0 Å². The summed E-state index contributed by atoms with van der Waals surface area (Å²) in [5.74, 6) is -0.0654. The highest BCUT2D eigenvalue weighted by atomic mass is 16.3. The van der Waals surface area contributed by atoms with Gasteiger partial charge >= 0.3 is 0 Å². The highest BCUT2D eigenvalue weighted by molar-refractivity contribution is 5.75. The molecule has 1 unspecified atom stereocenters. The number of aliphatic hydroxyl groups is 2. The minimum Gasteiger partial charge on any atom is -0.394 e. The lowest BCUT2D eigenvalue weighted by molar-refractivity contribution is -0.121. The summed E-state index contributed by atoms with van der Waals surface area (Å²) in [7, 11) is 0. The molecule has 72 valence electrons. The van der Waals surface area contributed by atoms with Gasteiger partial charge in [0.25, 0.3) is 0 Å². The zero-order chi connectivity index (χ0) is 9.40. The Bertz CT molecular complexity index is 127. The largest absolute Gasteiger partial charge is 0.394 e. The number of hydrogen-bond donors (Lipinski definition) is 3. The number of unbranched alkanes of at least 4 members (excludes halogenated alkanes) is 1. The van der Waals surface area contributed by atoms with Crippen LogP contribution in [0.3, 0.4) is 0 Å². The molecule has 12 heavy (non-hydrogen) atoms. The van der Waals surface area contributed by atoms with Crippen molar-refractivity contribution in [3.8, 4) is 0 Å². The van der Waals surface area contributed by atoms with Crippen LogP contribution in [0.2, 0.25) is 0 Å². The molecule has 0 saturated carbocycles. The maximum Gasteiger partial charge on any atom is 0.220 e. The smallest absolute Gasteiger partial charge is 0.220 e. The normalized spacial score (nSPS) is 12.6. The summed E-state index contributed by atoms with van der Waals surface area (Å²) >= 11 is 0. The molecule has 0 heterocycles. The molecule has 0 saturated heterocycles. The molecule has 0 radical (unpaired) electrons. The zero-order valence-electron chi connectivity index (χ0n) is 7.42. The van der Waals surface area contributed by atoms with Gasteiger partial charge in [-0.3, -0.25) is 4.79 Å². The Morgan fingerprint density at radius 1 is 1.58 bits per heavy atom. The molecule has 0 rings (SSSR count). The standard InChI is InChI=1S/C8H17NO3/c1-2-3-4-8(12)9-5-7(11)6-10/h7,10-11H,2-6H2,1H3,(H,9,12). The molecule has 4 heteroatoms. The van der Waals surface area contributed by atoms with Gasteiger partial charge in [0.15, 0.2) is 0 Å². The molecule has 0 aromatic rings. The van der Waals surface area contributed by atoms with E-state index in [1.54, 1.807) is 0 Å². The summed E-state index contributed by atoms with van der Waals surface area (Å²) in [6.07, 6.45) is 1.50. The molecule has 0 aliphatic carbocycles. The first-order chi connectivity index (χ1) is 5.70. The van der Waals surface area contributed by atoms with Crippen molar-refractivity contribution in [2.24, 2.45) is 0 Å². The fraction of sp³-hybridized carbons (Fsp3) is 0.875. The van der Waals surface area contributed by atoms with E-state index in [2.05, 4.69) is 5.32 Å². The van der Waals surface area contributed by atoms with Crippen molar-refractivity contribution in [2.45, 2.75) is 32.3 Å². The second-order valence-corrected chi connectivity index (χ2v) is 2.74. The third-order valence-electron chi connectivity index (χ3n) is 1.50. The quantitative estimate of drug-likeness (QED) is 0.516. The Kier molecular flexibility index (Phi) is 6.70. The highest BCUT2D eigenvalue weighted by Gasteiger charge is 2.04. The lowest BCUT2D eigenvalue weighted by atomic mass is 10.2. The van der Waals surface area contributed by atoms with Gasteiger partial charge in [-0.25, -0.2) is 0 Å². The van der Waals surface area contributed by atoms with E-state index in [4.69, 9.17) is 10.2 Å². The fourth-order valence-electron chi connectivity index (χ4n) is 0.722. The highest BCUT2D eigenvalue weighted by Crippen LogP contribution is 1.92. The maximum absolute atomic E-state index is 10.9. The van der Waals surface area contributed by atoms with Crippen LogP contribution in [0.4, 0.5) is 0 Å². The summed E-state index contributed by atoms with van der Waals surface area (Å²) < 4.78 is 0. The van der Waals surface area contributed by atoms with Crippen molar-refractivity contribution in [2.75, 3.05) is 13.2 Å². The first-order valence-electron chi connectivity index (χ1n) is 4.26. The number of rotatable bonds is 6. The minimum atomic E-state index is -0.837. The molecule has 4 nitrogen and oxygen atoms in total. The van der Waals surface area contributed by atoms with E-state index >= 15 is 0 Å². The van der Waals surface area contributed by atoms with Gasteiger partial charge in [0.05, 0.1) is 12.7 Å². The molecule has 1 atom stereocenters. The summed E-state index contributed by atoms with van der Waals surface area (Å²) in [5, 5.41) is 19.8. The predicted octanol–water partition coefficient (Wildman–Crippen LogP) is -0.354. The number of carbonyl (C=O) groups is 1. The van der Waals surface area contributed by atoms with Crippen LogP contribution < -0.4 is 5.32 Å². The van der Waals surface area contributed by atoms with Crippen molar-refractivity contribution in [3.63, 3.8) is 0 Å². The number of hydrogen-bond acceptors (Lipinski definition) is 3. The average molecular weight is 175 g/mol. The molecule has 1 amide bonds. The monoisotopic (exact) mass is 175 g/mol. The van der Waals surface area contributed by atoms with Crippen molar-refractivity contribution in [1.82, 2.24) is 5.32 Å². The van der Waals surface area contributed by atoms with Crippen LogP contribution in [0, 0.1) is 0 Å². The average Bonchev–Trinajstić information content (AvgIpc) is 2.10. The topological polar surface area (TPSA) is 69.6 Å². The van der Waals surface area contributed by atoms with E-state index in [0.717, 1.165) is 12.8 Å². The van der Waals surface area contributed by atoms with Crippen molar-refractivity contribution in [1.29, 1.82) is 0 Å². The van der Waals surface area contributed by atoms with Crippen LogP contribution in [0.1, 0.15) is 26.2 Å². The van der Waals surface area contributed by atoms with Crippen molar-refractivity contribution < 1.29 is 15.0 Å². The fourth-order valence-corrected chi connectivity index (χ4v) is 0.722. The molecular weight excluding hydrogens is 158 g/mol. The van der Waals surface area contributed by atoms with Crippen LogP contribution in [-0.4, -0.2) is 35.4 Å². The lowest BCUT2D eigenvalue weighted by Gasteiger charge is -2.08. The Balaban J connectivity index is 3.31. The van der Waals surface area contributed by atoms with Crippen LogP contribution in [-0.2, 0) is 4.79 Å². The van der Waals surface area contributed by atoms with Crippen LogP contribution in [0.25, 0.3) is 0 Å². The first kappa shape index (κ1) is 11.4. The van der Waals surface area contributed by atoms with Gasteiger partial charge in [0, 0.05) is 13.0 Å². The second-order valence-electron chi connectivity index (χ2n) is 2.74. The molecule has 0 aliphatic heterocycles. The van der Waals surface area contributed by atoms with E-state index in [1.165, 1.54) is 0 Å². The van der Waals surface area contributed by atoms with E-state index in [-0.39, 0.29) is 19.1 Å². The Morgan fingerprint density at radius 2 is 2.25 bits per heavy atom. The third-order valence-corrected chi connectivity index (χ3v) is 1.50. The molecule has 0 bridgehead atoms. The number of aliphatic hydroxyl groups excluding tert-OH is 2. The summed E-state index contributed by atoms with van der Waals surface area (Å²) in [4.78, 5) is 10.9. The van der Waals surface area contributed by atoms with Gasteiger partial charge in [0.2, 0.25) is 5.91 Å². The van der Waals surface area contributed by atoms with E-state index in [9.17, 15) is 4.79 Å². The van der Waals surface area contributed by atoms with Crippen molar-refractivity contribution >= 4 is 5.91 Å². The maximum atomic E-state index is 10.9. The number of carbonyl (C=O) groups excluding carboxylic acids is 1. The van der Waals surface area contributed by atoms with Gasteiger partial charge in [0.1, 0.15) is 0 Å². The predicted molar refractivity (Wildman–Crippen MR) is 45.6 cm³/mol. The molecule has 0 aromatic heterocycles. The van der Waals surface area contributed by atoms with E-state index in [0.29, 0.717) is 6.42 Å². The van der Waals surface area contributed by atoms with Crippen LogP contribution in [0.15, 0.2) is 0 Å². The van der Waals surface area contributed by atoms with Gasteiger partial charge in [-0.15, -0.1) is 0 Å². The Labute approximate surface area is 72.6 Å². The minimum absolute atomic E-state index is 0.0654. The van der Waals surface area contributed by atoms with E-state index < -0.39 is 6.10 Å². The Morgan fingerprint density at radius 3 is 2.75 bits per heavy atom. The van der Waals surface area contributed by atoms with Gasteiger partial charge in [-0.2, -0.15) is 0 Å². The third kappa shape index (κ3) is 6.12. The number of amides is 1. The molecular formula is C8H17NO3.